The Kier molecular flexibility index (Phi) is 7.99. The summed E-state index contributed by atoms with van der Waals surface area (Å²) in [5.41, 5.74) is 3.53. The van der Waals surface area contributed by atoms with Gasteiger partial charge in [0.15, 0.2) is 0 Å². The highest BCUT2D eigenvalue weighted by atomic mass is 16.5. The zero-order valence-corrected chi connectivity index (χ0v) is 20.7. The van der Waals surface area contributed by atoms with Crippen molar-refractivity contribution < 1.29 is 19.5 Å². The molecule has 0 fully saturated rings. The van der Waals surface area contributed by atoms with Crippen molar-refractivity contribution >= 4 is 28.5 Å². The molecule has 10 heteroatoms. The second-order valence-corrected chi connectivity index (χ2v) is 8.65. The molecule has 2 aromatic heterocycles. The Morgan fingerprint density at radius 2 is 1.84 bits per heavy atom. The maximum absolute atomic E-state index is 13.4. The van der Waals surface area contributed by atoms with Crippen molar-refractivity contribution in [1.82, 2.24) is 19.8 Å². The number of benzene rings is 2. The van der Waals surface area contributed by atoms with E-state index in [4.69, 9.17) is 9.94 Å². The van der Waals surface area contributed by atoms with Crippen LogP contribution in [0, 0.1) is 0 Å². The number of carbonyl (C=O) groups excluding carboxylic acids is 2. The smallest absolute Gasteiger partial charge is 0.262 e. The van der Waals surface area contributed by atoms with E-state index < -0.39 is 17.2 Å². The van der Waals surface area contributed by atoms with Crippen LogP contribution in [-0.4, -0.2) is 38.5 Å². The molecule has 3 N–H and O–H groups in total. The number of hydrogen-bond donors (Lipinski definition) is 3. The first kappa shape index (κ1) is 25.6. The first-order valence-corrected chi connectivity index (χ1v) is 12.0. The molecule has 37 heavy (non-hydrogen) atoms. The van der Waals surface area contributed by atoms with Gasteiger partial charge in [-0.25, -0.2) is 5.48 Å². The lowest BCUT2D eigenvalue weighted by Gasteiger charge is -2.14. The van der Waals surface area contributed by atoms with E-state index in [2.05, 4.69) is 10.4 Å². The van der Waals surface area contributed by atoms with Crippen molar-refractivity contribution in [2.45, 2.75) is 32.2 Å². The summed E-state index contributed by atoms with van der Waals surface area (Å²) in [5, 5.41) is 16.3. The molecule has 2 amide bonds. The van der Waals surface area contributed by atoms with E-state index in [1.165, 1.54) is 7.11 Å². The van der Waals surface area contributed by atoms with E-state index in [0.29, 0.717) is 47.6 Å². The van der Waals surface area contributed by atoms with Gasteiger partial charge >= 0.3 is 0 Å². The lowest BCUT2D eigenvalue weighted by atomic mass is 10.1. The number of amides is 2. The Morgan fingerprint density at radius 3 is 2.57 bits per heavy atom. The molecule has 2 heterocycles. The molecule has 0 spiro atoms. The number of rotatable bonds is 10. The summed E-state index contributed by atoms with van der Waals surface area (Å²) in [6, 6.07) is 16.6. The Morgan fingerprint density at radius 1 is 1.05 bits per heavy atom. The molecule has 0 saturated heterocycles. The van der Waals surface area contributed by atoms with Crippen LogP contribution >= 0.6 is 0 Å². The maximum Gasteiger partial charge on any atom is 0.262 e. The lowest BCUT2D eigenvalue weighted by Crippen LogP contribution is -2.25. The Balaban J connectivity index is 1.61. The monoisotopic (exact) mass is 503 g/mol. The summed E-state index contributed by atoms with van der Waals surface area (Å²) in [6.07, 6.45) is 3.85. The minimum Gasteiger partial charge on any atom is -0.497 e. The van der Waals surface area contributed by atoms with Gasteiger partial charge < -0.3 is 14.6 Å². The third-order valence-corrected chi connectivity index (χ3v) is 6.15. The molecule has 192 valence electrons. The highest BCUT2D eigenvalue weighted by Crippen LogP contribution is 2.23. The lowest BCUT2D eigenvalue weighted by molar-refractivity contribution is -0.129. The number of carbonyl (C=O) groups is 2. The van der Waals surface area contributed by atoms with Gasteiger partial charge in [-0.15, -0.1) is 0 Å². The number of methoxy groups -OCH3 is 1. The summed E-state index contributed by atoms with van der Waals surface area (Å²) in [4.78, 5) is 37.9. The molecule has 10 nitrogen and oxygen atoms in total. The van der Waals surface area contributed by atoms with Crippen LogP contribution in [0.1, 0.15) is 36.0 Å². The summed E-state index contributed by atoms with van der Waals surface area (Å²) in [5.74, 6) is 0.0155. The minimum absolute atomic E-state index is 0.00266. The molecule has 2 aromatic carbocycles. The molecule has 0 radical (unpaired) electrons. The number of anilines is 1. The van der Waals surface area contributed by atoms with Gasteiger partial charge in [-0.1, -0.05) is 36.8 Å². The van der Waals surface area contributed by atoms with Gasteiger partial charge in [0.25, 0.3) is 5.91 Å². The van der Waals surface area contributed by atoms with Crippen LogP contribution < -0.4 is 21.0 Å². The second-order valence-electron chi connectivity index (χ2n) is 8.65. The number of aryl methyl sites for hydroxylation is 2. The van der Waals surface area contributed by atoms with Crippen LogP contribution in [0.3, 0.4) is 0 Å². The number of aromatic nitrogens is 3. The molecule has 0 aliphatic rings. The Bertz CT molecular complexity index is 1480. The highest BCUT2D eigenvalue weighted by molar-refractivity contribution is 6.05. The van der Waals surface area contributed by atoms with Gasteiger partial charge in [0.05, 0.1) is 23.7 Å². The number of fused-ring (bicyclic) bond motifs is 1. The number of nitrogens with zero attached hydrogens (tertiary/aromatic N) is 3. The normalized spacial score (nSPS) is 10.9. The summed E-state index contributed by atoms with van der Waals surface area (Å²) in [6.45, 7) is 0.536. The largest absolute Gasteiger partial charge is 0.497 e. The predicted octanol–water partition coefficient (Wildman–Crippen LogP) is 3.73. The molecule has 4 rings (SSSR count). The van der Waals surface area contributed by atoms with Gasteiger partial charge in [-0.05, 0) is 31.0 Å². The fourth-order valence-electron chi connectivity index (χ4n) is 4.17. The summed E-state index contributed by atoms with van der Waals surface area (Å²) in [7, 11) is 3.24. The number of hydrogen-bond acceptors (Lipinski definition) is 6. The van der Waals surface area contributed by atoms with Crippen molar-refractivity contribution in [2.75, 3.05) is 12.4 Å². The SMILES string of the molecule is COc1ccc2c(c1)c(=O)c(C(=O)Nc1cc(-c3ccccc3)nn1C)cn2CCCCCC(=O)NO. The van der Waals surface area contributed by atoms with Crippen molar-refractivity contribution in [3.8, 4) is 17.0 Å². The van der Waals surface area contributed by atoms with Gasteiger partial charge in [-0.3, -0.25) is 24.3 Å². The number of nitrogens with one attached hydrogen (secondary N) is 2. The van der Waals surface area contributed by atoms with Gasteiger partial charge in [0.1, 0.15) is 17.1 Å². The van der Waals surface area contributed by atoms with Crippen molar-refractivity contribution in [1.29, 1.82) is 0 Å². The molecule has 0 atom stereocenters. The van der Waals surface area contributed by atoms with Crippen molar-refractivity contribution in [2.24, 2.45) is 7.05 Å². The average molecular weight is 504 g/mol. The Hall–Kier alpha value is -4.44. The highest BCUT2D eigenvalue weighted by Gasteiger charge is 2.18. The molecule has 0 aliphatic heterocycles. The summed E-state index contributed by atoms with van der Waals surface area (Å²) < 4.78 is 8.73. The molecular formula is C27H29N5O5. The molecule has 0 unspecified atom stereocenters. The molecule has 0 saturated carbocycles. The third kappa shape index (κ3) is 5.87. The van der Waals surface area contributed by atoms with E-state index in [-0.39, 0.29) is 12.0 Å². The van der Waals surface area contributed by atoms with E-state index in [1.54, 1.807) is 47.7 Å². The van der Waals surface area contributed by atoms with Crippen LogP contribution in [0.4, 0.5) is 5.82 Å². The zero-order chi connectivity index (χ0) is 26.4. The predicted molar refractivity (Wildman–Crippen MR) is 140 cm³/mol. The first-order chi connectivity index (χ1) is 17.9. The van der Waals surface area contributed by atoms with Crippen LogP contribution in [0.25, 0.3) is 22.2 Å². The number of hydroxylamine groups is 1. The standard InChI is InChI=1S/C27H29N5O5/c1-31-24(16-22(29-31)18-9-5-3-6-10-18)28-27(35)21-17-32(14-8-4-7-11-25(33)30-36)23-13-12-19(37-2)15-20(23)26(21)34/h3,5-6,9-10,12-13,15-17,36H,4,7-8,11,14H2,1-2H3,(H,28,35)(H,30,33). The first-order valence-electron chi connectivity index (χ1n) is 12.0. The van der Waals surface area contributed by atoms with Crippen LogP contribution in [0.15, 0.2) is 65.6 Å². The van der Waals surface area contributed by atoms with E-state index >= 15 is 0 Å². The average Bonchev–Trinajstić information content (AvgIpc) is 3.29. The van der Waals surface area contributed by atoms with Crippen LogP contribution in [0.5, 0.6) is 5.75 Å². The molecular weight excluding hydrogens is 474 g/mol. The van der Waals surface area contributed by atoms with Gasteiger partial charge in [0.2, 0.25) is 11.3 Å². The van der Waals surface area contributed by atoms with Crippen molar-refractivity contribution in [3.05, 3.63) is 76.6 Å². The van der Waals surface area contributed by atoms with E-state index in [9.17, 15) is 14.4 Å². The number of ether oxygens (including phenoxy) is 1. The van der Waals surface area contributed by atoms with Crippen LogP contribution in [0.2, 0.25) is 0 Å². The van der Waals surface area contributed by atoms with Crippen LogP contribution in [-0.2, 0) is 18.4 Å². The Labute approximate surface area is 213 Å². The zero-order valence-electron chi connectivity index (χ0n) is 20.7. The number of unbranched alkanes of at least 4 members (excludes halogenated alkanes) is 2. The second kappa shape index (κ2) is 11.5. The topological polar surface area (TPSA) is 127 Å². The van der Waals surface area contributed by atoms with E-state index in [1.807, 2.05) is 34.9 Å². The third-order valence-electron chi connectivity index (χ3n) is 6.15. The molecule has 4 aromatic rings. The van der Waals surface area contributed by atoms with Crippen molar-refractivity contribution in [3.63, 3.8) is 0 Å². The van der Waals surface area contributed by atoms with Gasteiger partial charge in [-0.2, -0.15) is 5.10 Å². The fraction of sp³-hybridized carbons (Fsp3) is 0.259. The minimum atomic E-state index is -0.536. The van der Waals surface area contributed by atoms with Gasteiger partial charge in [0, 0.05) is 37.8 Å². The molecule has 0 bridgehead atoms. The maximum atomic E-state index is 13.4. The summed E-state index contributed by atoms with van der Waals surface area (Å²) >= 11 is 0. The quantitative estimate of drug-likeness (QED) is 0.172. The molecule has 0 aliphatic carbocycles. The van der Waals surface area contributed by atoms with E-state index in [0.717, 1.165) is 12.0 Å². The fourth-order valence-corrected chi connectivity index (χ4v) is 4.17. The number of pyridine rings is 1.